The van der Waals surface area contributed by atoms with Crippen LogP contribution in [0.3, 0.4) is 0 Å². The number of amides is 1. The summed E-state index contributed by atoms with van der Waals surface area (Å²) in [4.78, 5) is 11.9. The summed E-state index contributed by atoms with van der Waals surface area (Å²) in [6.45, 7) is 13.1. The first kappa shape index (κ1) is 20.3. The first-order valence-corrected chi connectivity index (χ1v) is 9.40. The zero-order valence-electron chi connectivity index (χ0n) is 16.1. The normalized spacial score (nSPS) is 18.9. The summed E-state index contributed by atoms with van der Waals surface area (Å²) < 4.78 is 5.36. The Hall–Kier alpha value is -0.770. The highest BCUT2D eigenvalue weighted by molar-refractivity contribution is 5.67. The van der Waals surface area contributed by atoms with Gasteiger partial charge in [-0.25, -0.2) is 4.79 Å². The van der Waals surface area contributed by atoms with E-state index in [0.717, 1.165) is 5.92 Å². The second kappa shape index (κ2) is 9.51. The number of hydrogen-bond donors (Lipinski definition) is 2. The molecule has 1 aliphatic carbocycles. The summed E-state index contributed by atoms with van der Waals surface area (Å²) in [5, 5.41) is 6.72. The lowest BCUT2D eigenvalue weighted by molar-refractivity contribution is 0.0517. The van der Waals surface area contributed by atoms with Crippen molar-refractivity contribution in [1.82, 2.24) is 10.6 Å². The molecule has 0 spiro atoms. The number of carbonyl (C=O) groups is 1. The van der Waals surface area contributed by atoms with Crippen LogP contribution < -0.4 is 10.6 Å². The Kier molecular flexibility index (Phi) is 8.38. The summed E-state index contributed by atoms with van der Waals surface area (Å²) in [6.07, 6.45) is 7.29. The van der Waals surface area contributed by atoms with Gasteiger partial charge < -0.3 is 15.4 Å². The number of hydrogen-bond acceptors (Lipinski definition) is 3. The molecule has 4 heteroatoms. The van der Waals surface area contributed by atoms with Crippen molar-refractivity contribution in [3.05, 3.63) is 0 Å². The fourth-order valence-electron chi connectivity index (χ4n) is 3.26. The van der Waals surface area contributed by atoms with Gasteiger partial charge in [0.05, 0.1) is 0 Å². The average molecular weight is 327 g/mol. The Bertz CT molecular complexity index is 344. The largest absolute Gasteiger partial charge is 0.444 e. The van der Waals surface area contributed by atoms with Crippen LogP contribution in [0.15, 0.2) is 0 Å². The van der Waals surface area contributed by atoms with E-state index in [9.17, 15) is 4.79 Å². The summed E-state index contributed by atoms with van der Waals surface area (Å²) in [5.74, 6) is 1.41. The summed E-state index contributed by atoms with van der Waals surface area (Å²) in [6, 6.07) is 0.843. The van der Waals surface area contributed by atoms with E-state index in [4.69, 9.17) is 4.74 Å². The van der Waals surface area contributed by atoms with Gasteiger partial charge in [0.1, 0.15) is 5.60 Å². The minimum atomic E-state index is -0.440. The third-order valence-corrected chi connectivity index (χ3v) is 4.51. The molecule has 4 nitrogen and oxygen atoms in total. The minimum absolute atomic E-state index is 0.308. The van der Waals surface area contributed by atoms with Crippen LogP contribution >= 0.6 is 0 Å². The van der Waals surface area contributed by atoms with E-state index >= 15 is 0 Å². The van der Waals surface area contributed by atoms with Gasteiger partial charge in [-0.1, -0.05) is 26.7 Å². The molecule has 1 amide bonds. The monoisotopic (exact) mass is 326 g/mol. The molecule has 1 aliphatic rings. The number of alkyl carbamates (subject to hydrolysis) is 1. The first-order valence-electron chi connectivity index (χ1n) is 9.40. The Morgan fingerprint density at radius 1 is 1.13 bits per heavy atom. The van der Waals surface area contributed by atoms with Gasteiger partial charge >= 0.3 is 6.09 Å². The van der Waals surface area contributed by atoms with Gasteiger partial charge in [-0.2, -0.15) is 0 Å². The van der Waals surface area contributed by atoms with Gasteiger partial charge in [-0.3, -0.25) is 0 Å². The minimum Gasteiger partial charge on any atom is -0.444 e. The van der Waals surface area contributed by atoms with E-state index in [1.165, 1.54) is 38.5 Å². The molecule has 136 valence electrons. The maximum Gasteiger partial charge on any atom is 0.407 e. The lowest BCUT2D eigenvalue weighted by Crippen LogP contribution is -2.49. The SMILES string of the molecule is CC(C)CCC(C)NC(CNC(=O)OC(C)(C)C)C1CCCC1. The molecule has 0 aromatic rings. The third-order valence-electron chi connectivity index (χ3n) is 4.51. The highest BCUT2D eigenvalue weighted by Crippen LogP contribution is 2.28. The molecule has 0 aromatic carbocycles. The van der Waals surface area contributed by atoms with Crippen LogP contribution in [0.4, 0.5) is 4.79 Å². The van der Waals surface area contributed by atoms with Crippen LogP contribution in [-0.4, -0.2) is 30.3 Å². The molecular weight excluding hydrogens is 288 g/mol. The van der Waals surface area contributed by atoms with Gasteiger partial charge in [0.2, 0.25) is 0 Å². The predicted molar refractivity (Wildman–Crippen MR) is 96.7 cm³/mol. The average Bonchev–Trinajstić information content (AvgIpc) is 2.93. The van der Waals surface area contributed by atoms with Crippen LogP contribution in [0.25, 0.3) is 0 Å². The Morgan fingerprint density at radius 2 is 1.74 bits per heavy atom. The van der Waals surface area contributed by atoms with Crippen LogP contribution in [0.5, 0.6) is 0 Å². The third kappa shape index (κ3) is 9.19. The molecule has 2 unspecified atom stereocenters. The molecule has 2 atom stereocenters. The Balaban J connectivity index is 2.47. The zero-order valence-corrected chi connectivity index (χ0v) is 16.1. The molecule has 0 aromatic heterocycles. The molecule has 0 bridgehead atoms. The van der Waals surface area contributed by atoms with Crippen molar-refractivity contribution in [3.63, 3.8) is 0 Å². The fourth-order valence-corrected chi connectivity index (χ4v) is 3.26. The van der Waals surface area contributed by atoms with E-state index in [1.54, 1.807) is 0 Å². The van der Waals surface area contributed by atoms with Gasteiger partial charge in [0, 0.05) is 18.6 Å². The highest BCUT2D eigenvalue weighted by Gasteiger charge is 2.27. The van der Waals surface area contributed by atoms with Gasteiger partial charge in [0.15, 0.2) is 0 Å². The molecule has 0 radical (unpaired) electrons. The summed E-state index contributed by atoms with van der Waals surface area (Å²) in [5.41, 5.74) is -0.440. The van der Waals surface area contributed by atoms with Crippen molar-refractivity contribution in [1.29, 1.82) is 0 Å². The van der Waals surface area contributed by atoms with Gasteiger partial charge in [-0.15, -0.1) is 0 Å². The number of nitrogens with one attached hydrogen (secondary N) is 2. The molecule has 0 saturated heterocycles. The van der Waals surface area contributed by atoms with Crippen molar-refractivity contribution in [3.8, 4) is 0 Å². The van der Waals surface area contributed by atoms with Crippen LogP contribution in [0.1, 0.15) is 80.1 Å². The number of rotatable bonds is 8. The predicted octanol–water partition coefficient (Wildman–Crippen LogP) is 4.48. The van der Waals surface area contributed by atoms with Crippen LogP contribution in [-0.2, 0) is 4.74 Å². The quantitative estimate of drug-likeness (QED) is 0.691. The van der Waals surface area contributed by atoms with Gasteiger partial charge in [0.25, 0.3) is 0 Å². The smallest absolute Gasteiger partial charge is 0.407 e. The van der Waals surface area contributed by atoms with Crippen LogP contribution in [0.2, 0.25) is 0 Å². The maximum absolute atomic E-state index is 11.9. The molecule has 1 saturated carbocycles. The van der Waals surface area contributed by atoms with E-state index in [2.05, 4.69) is 31.4 Å². The van der Waals surface area contributed by atoms with Crippen LogP contribution in [0, 0.1) is 11.8 Å². The first-order chi connectivity index (χ1) is 10.7. The highest BCUT2D eigenvalue weighted by atomic mass is 16.6. The van der Waals surface area contributed by atoms with Crippen molar-refractivity contribution >= 4 is 6.09 Å². The van der Waals surface area contributed by atoms with Crippen molar-refractivity contribution in [2.45, 2.75) is 97.8 Å². The van der Waals surface area contributed by atoms with Crippen molar-refractivity contribution in [2.75, 3.05) is 6.54 Å². The molecule has 1 rings (SSSR count). The Morgan fingerprint density at radius 3 is 2.26 bits per heavy atom. The second-order valence-electron chi connectivity index (χ2n) is 8.57. The summed E-state index contributed by atoms with van der Waals surface area (Å²) >= 11 is 0. The molecule has 0 aliphatic heterocycles. The molecular formula is C19H38N2O2. The van der Waals surface area contributed by atoms with E-state index < -0.39 is 5.60 Å². The fraction of sp³-hybridized carbons (Fsp3) is 0.947. The molecule has 0 heterocycles. The molecule has 1 fully saturated rings. The lowest BCUT2D eigenvalue weighted by atomic mass is 9.96. The Labute approximate surface area is 143 Å². The van der Waals surface area contributed by atoms with Gasteiger partial charge in [-0.05, 0) is 65.2 Å². The second-order valence-corrected chi connectivity index (χ2v) is 8.57. The van der Waals surface area contributed by atoms with Crippen molar-refractivity contribution < 1.29 is 9.53 Å². The van der Waals surface area contributed by atoms with E-state index in [-0.39, 0.29) is 6.09 Å². The zero-order chi connectivity index (χ0) is 17.5. The van der Waals surface area contributed by atoms with E-state index in [1.807, 2.05) is 20.8 Å². The topological polar surface area (TPSA) is 50.4 Å². The van der Waals surface area contributed by atoms with E-state index in [0.29, 0.717) is 24.5 Å². The molecule has 2 N–H and O–H groups in total. The summed E-state index contributed by atoms with van der Waals surface area (Å²) in [7, 11) is 0. The molecule has 23 heavy (non-hydrogen) atoms. The number of ether oxygens (including phenoxy) is 1. The number of carbonyl (C=O) groups excluding carboxylic acids is 1. The van der Waals surface area contributed by atoms with Crippen molar-refractivity contribution in [2.24, 2.45) is 11.8 Å². The maximum atomic E-state index is 11.9. The lowest BCUT2D eigenvalue weighted by Gasteiger charge is -2.29. The standard InChI is InChI=1S/C19H38N2O2/c1-14(2)11-12-15(3)21-17(16-9-7-8-10-16)13-20-18(22)23-19(4,5)6/h14-17,21H,7-13H2,1-6H3,(H,20,22).